The zero-order valence-electron chi connectivity index (χ0n) is 19.4. The summed E-state index contributed by atoms with van der Waals surface area (Å²) in [6.07, 6.45) is -7.22. The average Bonchev–Trinajstić information content (AvgIpc) is 3.07. The Bertz CT molecular complexity index is 1000. The Hall–Kier alpha value is -1.67. The second-order valence-electron chi connectivity index (χ2n) is 10.4. The summed E-state index contributed by atoms with van der Waals surface area (Å²) in [6.45, 7) is 1.19. The van der Waals surface area contributed by atoms with Gasteiger partial charge in [-0.05, 0) is 25.5 Å². The Labute approximate surface area is 201 Å². The summed E-state index contributed by atoms with van der Waals surface area (Å²) in [5, 5.41) is 40.7. The fourth-order valence-corrected chi connectivity index (χ4v) is 7.11. The molecule has 4 aliphatic heterocycles. The van der Waals surface area contributed by atoms with E-state index < -0.39 is 72.0 Å². The number of carbonyl (C=O) groups is 1. The molecule has 1 aromatic carbocycles. The summed E-state index contributed by atoms with van der Waals surface area (Å²) in [7, 11) is 1.57. The molecular formula is C24H30O11. The molecule has 7 aliphatic rings. The van der Waals surface area contributed by atoms with Gasteiger partial charge >= 0.3 is 5.97 Å². The van der Waals surface area contributed by atoms with E-state index in [4.69, 9.17) is 28.4 Å². The minimum absolute atomic E-state index is 0.0891. The molecule has 4 heterocycles. The van der Waals surface area contributed by atoms with Crippen LogP contribution in [0.1, 0.15) is 30.1 Å². The molecule has 11 heteroatoms. The molecule has 4 N–H and O–H groups in total. The second kappa shape index (κ2) is 7.67. The number of esters is 1. The summed E-state index contributed by atoms with van der Waals surface area (Å²) >= 11 is 0. The van der Waals surface area contributed by atoms with Gasteiger partial charge in [-0.25, -0.2) is 4.79 Å². The standard InChI is InChI=1S/C24H30O11/c1-21-10-23(30-2)14-8-24(21,33-19-17(28)16(27)15(26)13(9-25)32-19)22(14,20(34-21)35-23)11-31-18(29)12-6-4-3-5-7-12/h3-7,13-17,19-20,25-28H,8-11H2,1-2H3/t13-,14-,15-,16+,17-,19+,20-,21+,22-,23-,24+/m1/s1. The molecule has 0 spiro atoms. The first kappa shape index (κ1) is 23.7. The van der Waals surface area contributed by atoms with Crippen molar-refractivity contribution in [3.8, 4) is 0 Å². The normalized spacial score (nSPS) is 51.3. The molecule has 7 fully saturated rings. The second-order valence-corrected chi connectivity index (χ2v) is 10.4. The highest BCUT2D eigenvalue weighted by Gasteiger charge is 2.95. The van der Waals surface area contributed by atoms with Crippen molar-refractivity contribution in [2.24, 2.45) is 11.3 Å². The van der Waals surface area contributed by atoms with Gasteiger partial charge in [0.15, 0.2) is 18.4 Å². The third kappa shape index (κ3) is 2.79. The summed E-state index contributed by atoms with van der Waals surface area (Å²) < 4.78 is 36.3. The SMILES string of the molecule is CO[C@]12C[C@]3(C)O[C@H](O1)[C@@]1(COC(=O)c4ccccc4)[C@H]2C[C@@]13O[C@@H]1O[C@H](CO)[C@@H](O)[C@H](O)[C@H]1O. The van der Waals surface area contributed by atoms with E-state index in [0.29, 0.717) is 18.4 Å². The van der Waals surface area contributed by atoms with Crippen LogP contribution >= 0.6 is 0 Å². The molecule has 11 nitrogen and oxygen atoms in total. The van der Waals surface area contributed by atoms with Gasteiger partial charge in [-0.3, -0.25) is 0 Å². The van der Waals surface area contributed by atoms with E-state index in [2.05, 4.69) is 0 Å². The first-order chi connectivity index (χ1) is 16.7. The maximum Gasteiger partial charge on any atom is 0.338 e. The van der Waals surface area contributed by atoms with Crippen LogP contribution in [0, 0.1) is 11.3 Å². The van der Waals surface area contributed by atoms with Crippen LogP contribution in [-0.4, -0.2) is 101 Å². The van der Waals surface area contributed by atoms with Gasteiger partial charge in [0.05, 0.1) is 17.6 Å². The van der Waals surface area contributed by atoms with E-state index in [-0.39, 0.29) is 12.5 Å². The van der Waals surface area contributed by atoms with Gasteiger partial charge in [0.2, 0.25) is 0 Å². The number of aliphatic hydroxyl groups is 4. The summed E-state index contributed by atoms with van der Waals surface area (Å²) in [6, 6.07) is 8.60. The summed E-state index contributed by atoms with van der Waals surface area (Å²) in [4.78, 5) is 12.8. The summed E-state index contributed by atoms with van der Waals surface area (Å²) in [5.74, 6) is -1.67. The highest BCUT2D eigenvalue weighted by Crippen LogP contribution is 2.82. The molecule has 0 unspecified atom stereocenters. The smallest absolute Gasteiger partial charge is 0.338 e. The van der Waals surface area contributed by atoms with Gasteiger partial charge in [-0.1, -0.05) is 18.2 Å². The van der Waals surface area contributed by atoms with Crippen molar-refractivity contribution < 1.29 is 53.6 Å². The molecule has 8 rings (SSSR count). The molecule has 192 valence electrons. The number of aliphatic hydroxyl groups excluding tert-OH is 4. The molecule has 3 saturated carbocycles. The van der Waals surface area contributed by atoms with Crippen molar-refractivity contribution in [3.63, 3.8) is 0 Å². The van der Waals surface area contributed by atoms with E-state index in [9.17, 15) is 25.2 Å². The third-order valence-electron chi connectivity index (χ3n) is 8.89. The van der Waals surface area contributed by atoms with Crippen molar-refractivity contribution in [3.05, 3.63) is 35.9 Å². The quantitative estimate of drug-likeness (QED) is 0.356. The number of benzene rings is 1. The Morgan fingerprint density at radius 3 is 2.54 bits per heavy atom. The Balaban J connectivity index is 1.33. The van der Waals surface area contributed by atoms with E-state index >= 15 is 0 Å². The lowest BCUT2D eigenvalue weighted by molar-refractivity contribution is -0.427. The lowest BCUT2D eigenvalue weighted by Crippen LogP contribution is -2.81. The molecule has 0 radical (unpaired) electrons. The fraction of sp³-hybridized carbons (Fsp3) is 0.708. The van der Waals surface area contributed by atoms with Crippen LogP contribution in [0.2, 0.25) is 0 Å². The molecule has 11 atom stereocenters. The van der Waals surface area contributed by atoms with E-state index in [1.165, 1.54) is 0 Å². The minimum atomic E-state index is -1.59. The lowest BCUT2D eigenvalue weighted by Gasteiger charge is -2.68. The Morgan fingerprint density at radius 2 is 1.86 bits per heavy atom. The van der Waals surface area contributed by atoms with Crippen LogP contribution in [0.4, 0.5) is 0 Å². The number of methoxy groups -OCH3 is 1. The number of rotatable bonds is 7. The van der Waals surface area contributed by atoms with Crippen LogP contribution in [-0.2, 0) is 28.4 Å². The first-order valence-electron chi connectivity index (χ1n) is 11.8. The van der Waals surface area contributed by atoms with Crippen LogP contribution in [0.5, 0.6) is 0 Å². The van der Waals surface area contributed by atoms with Gasteiger partial charge in [-0.2, -0.15) is 0 Å². The molecule has 4 saturated heterocycles. The van der Waals surface area contributed by atoms with E-state index in [1.807, 2.05) is 6.92 Å². The monoisotopic (exact) mass is 494 g/mol. The van der Waals surface area contributed by atoms with Crippen molar-refractivity contribution >= 4 is 5.97 Å². The molecule has 0 aromatic heterocycles. The van der Waals surface area contributed by atoms with Crippen LogP contribution < -0.4 is 0 Å². The van der Waals surface area contributed by atoms with Crippen LogP contribution in [0.3, 0.4) is 0 Å². The first-order valence-corrected chi connectivity index (χ1v) is 11.8. The minimum Gasteiger partial charge on any atom is -0.461 e. The number of hydrogen-bond donors (Lipinski definition) is 4. The fourth-order valence-electron chi connectivity index (χ4n) is 7.11. The van der Waals surface area contributed by atoms with Gasteiger partial charge in [-0.15, -0.1) is 0 Å². The maximum absolute atomic E-state index is 12.8. The zero-order chi connectivity index (χ0) is 24.8. The number of hydrogen-bond acceptors (Lipinski definition) is 11. The predicted octanol–water partition coefficient (Wildman–Crippen LogP) is -0.703. The average molecular weight is 494 g/mol. The van der Waals surface area contributed by atoms with Crippen molar-refractivity contribution in [2.45, 2.75) is 73.8 Å². The number of carbonyl (C=O) groups excluding carboxylic acids is 1. The molecule has 3 aliphatic carbocycles. The van der Waals surface area contributed by atoms with Crippen molar-refractivity contribution in [2.75, 3.05) is 20.3 Å². The largest absolute Gasteiger partial charge is 0.461 e. The maximum atomic E-state index is 12.8. The molecule has 0 amide bonds. The lowest BCUT2D eigenvalue weighted by atomic mass is 9.41. The molecule has 35 heavy (non-hydrogen) atoms. The molecular weight excluding hydrogens is 464 g/mol. The van der Waals surface area contributed by atoms with Crippen LogP contribution in [0.15, 0.2) is 30.3 Å². The van der Waals surface area contributed by atoms with Gasteiger partial charge in [0.25, 0.3) is 0 Å². The predicted molar refractivity (Wildman–Crippen MR) is 114 cm³/mol. The van der Waals surface area contributed by atoms with Gasteiger partial charge < -0.3 is 48.8 Å². The zero-order valence-corrected chi connectivity index (χ0v) is 19.4. The Morgan fingerprint density at radius 1 is 1.11 bits per heavy atom. The summed E-state index contributed by atoms with van der Waals surface area (Å²) in [5.41, 5.74) is -2.62. The highest BCUT2D eigenvalue weighted by atomic mass is 16.8. The van der Waals surface area contributed by atoms with Crippen molar-refractivity contribution in [1.82, 2.24) is 0 Å². The van der Waals surface area contributed by atoms with E-state index in [0.717, 1.165) is 0 Å². The Kier molecular flexibility index (Phi) is 5.20. The molecule has 1 aromatic rings. The molecule has 6 bridgehead atoms. The van der Waals surface area contributed by atoms with Gasteiger partial charge in [0, 0.05) is 19.4 Å². The van der Waals surface area contributed by atoms with Gasteiger partial charge in [0.1, 0.15) is 42.2 Å². The van der Waals surface area contributed by atoms with Crippen molar-refractivity contribution in [1.29, 1.82) is 0 Å². The highest BCUT2D eigenvalue weighted by molar-refractivity contribution is 5.89. The van der Waals surface area contributed by atoms with E-state index in [1.54, 1.807) is 37.4 Å². The third-order valence-corrected chi connectivity index (χ3v) is 8.89. The number of ether oxygens (including phenoxy) is 6. The van der Waals surface area contributed by atoms with Crippen LogP contribution in [0.25, 0.3) is 0 Å². The topological polar surface area (TPSA) is 153 Å².